The molecule has 162 valence electrons. The van der Waals surface area contributed by atoms with Gasteiger partial charge < -0.3 is 10.6 Å². The highest BCUT2D eigenvalue weighted by Crippen LogP contribution is 2.46. The quantitative estimate of drug-likeness (QED) is 0.427. The summed E-state index contributed by atoms with van der Waals surface area (Å²) in [6, 6.07) is 10.7. The second-order valence-electron chi connectivity index (χ2n) is 6.91. The van der Waals surface area contributed by atoms with E-state index in [9.17, 15) is 18.0 Å². The number of nitrogens with one attached hydrogen (secondary N) is 2. The van der Waals surface area contributed by atoms with Crippen LogP contribution in [0.4, 0.5) is 24.7 Å². The Morgan fingerprint density at radius 1 is 1.06 bits per heavy atom. The fourth-order valence-corrected chi connectivity index (χ4v) is 4.03. The first kappa shape index (κ1) is 21.8. The number of alkyl halides is 3. The van der Waals surface area contributed by atoms with E-state index >= 15 is 0 Å². The Morgan fingerprint density at radius 3 is 2.45 bits per heavy atom. The minimum Gasteiger partial charge on any atom is -0.362 e. The van der Waals surface area contributed by atoms with Crippen LogP contribution in [0, 0.1) is 0 Å². The van der Waals surface area contributed by atoms with Crippen LogP contribution in [0.3, 0.4) is 0 Å². The molecule has 0 aliphatic carbocycles. The third-order valence-corrected chi connectivity index (χ3v) is 6.09. The number of halogens is 6. The van der Waals surface area contributed by atoms with Gasteiger partial charge in [-0.2, -0.15) is 18.3 Å². The number of carbonyl (C=O) groups excluding carboxylic acids is 1. The Balaban J connectivity index is 1.71. The van der Waals surface area contributed by atoms with E-state index in [4.69, 9.17) is 34.8 Å². The van der Waals surface area contributed by atoms with Gasteiger partial charge in [0.15, 0.2) is 11.7 Å². The van der Waals surface area contributed by atoms with Crippen LogP contribution in [0.15, 0.2) is 48.5 Å². The van der Waals surface area contributed by atoms with Crippen LogP contribution in [0.2, 0.25) is 15.1 Å². The molecule has 0 saturated carbocycles. The van der Waals surface area contributed by atoms with Crippen molar-refractivity contribution >= 4 is 52.2 Å². The van der Waals surface area contributed by atoms with E-state index in [0.29, 0.717) is 5.56 Å². The first-order valence-electron chi connectivity index (χ1n) is 9.08. The second kappa shape index (κ2) is 8.26. The molecule has 0 fully saturated rings. The lowest BCUT2D eigenvalue weighted by Gasteiger charge is -2.33. The number of anilines is 2. The molecule has 1 aliphatic rings. The molecule has 5 nitrogen and oxygen atoms in total. The van der Waals surface area contributed by atoms with Gasteiger partial charge in [-0.1, -0.05) is 71.2 Å². The van der Waals surface area contributed by atoms with E-state index in [1.165, 1.54) is 12.1 Å². The van der Waals surface area contributed by atoms with Crippen molar-refractivity contribution in [3.63, 3.8) is 0 Å². The molecular formula is C20H14Cl3F3N4O. The minimum atomic E-state index is -4.59. The Hall–Kier alpha value is -2.42. The molecule has 0 bridgehead atoms. The van der Waals surface area contributed by atoms with Gasteiger partial charge in [-0.3, -0.25) is 4.79 Å². The van der Waals surface area contributed by atoms with Gasteiger partial charge in [0.25, 0.3) is 5.91 Å². The Morgan fingerprint density at radius 2 is 1.77 bits per heavy atom. The van der Waals surface area contributed by atoms with Gasteiger partial charge in [0.05, 0.1) is 21.8 Å². The molecule has 2 N–H and O–H groups in total. The van der Waals surface area contributed by atoms with Gasteiger partial charge in [0.1, 0.15) is 10.8 Å². The summed E-state index contributed by atoms with van der Waals surface area (Å²) in [5.74, 6) is -0.888. The van der Waals surface area contributed by atoms with Crippen LogP contribution in [0.1, 0.15) is 34.6 Å². The summed E-state index contributed by atoms with van der Waals surface area (Å²) in [7, 11) is 0. The first-order valence-corrected chi connectivity index (χ1v) is 10.2. The van der Waals surface area contributed by atoms with E-state index in [0.717, 1.165) is 4.68 Å². The molecule has 0 radical (unpaired) electrons. The van der Waals surface area contributed by atoms with Crippen molar-refractivity contribution in [2.75, 3.05) is 10.6 Å². The van der Waals surface area contributed by atoms with Crippen molar-refractivity contribution in [2.45, 2.75) is 24.7 Å². The fourth-order valence-electron chi connectivity index (χ4n) is 3.42. The Bertz CT molecular complexity index is 1130. The highest BCUT2D eigenvalue weighted by molar-refractivity contribution is 6.44. The van der Waals surface area contributed by atoms with Crippen molar-refractivity contribution < 1.29 is 18.0 Å². The summed E-state index contributed by atoms with van der Waals surface area (Å²) in [6.07, 6.45) is -4.90. The summed E-state index contributed by atoms with van der Waals surface area (Å²) in [5.41, 5.74) is 0.490. The molecule has 1 aliphatic heterocycles. The molecule has 31 heavy (non-hydrogen) atoms. The smallest absolute Gasteiger partial charge is 0.362 e. The monoisotopic (exact) mass is 488 g/mol. The van der Waals surface area contributed by atoms with Crippen LogP contribution in [0.5, 0.6) is 0 Å². The number of rotatable bonds is 3. The number of carbonyl (C=O) groups is 1. The lowest BCUT2D eigenvalue weighted by molar-refractivity contribution is -0.173. The molecule has 3 aromatic rings. The van der Waals surface area contributed by atoms with Gasteiger partial charge in [0.2, 0.25) is 0 Å². The molecule has 2 aromatic carbocycles. The zero-order valence-electron chi connectivity index (χ0n) is 15.6. The third kappa shape index (κ3) is 4.20. The van der Waals surface area contributed by atoms with E-state index in [1.54, 1.807) is 36.4 Å². The van der Waals surface area contributed by atoms with E-state index in [-0.39, 0.29) is 38.7 Å². The summed E-state index contributed by atoms with van der Waals surface area (Å²) >= 11 is 18.3. The zero-order valence-corrected chi connectivity index (χ0v) is 17.8. The molecular weight excluding hydrogens is 476 g/mol. The molecule has 0 saturated heterocycles. The highest BCUT2D eigenvalue weighted by Gasteiger charge is 2.47. The van der Waals surface area contributed by atoms with Crippen LogP contribution in [0.25, 0.3) is 0 Å². The van der Waals surface area contributed by atoms with Gasteiger partial charge in [-0.05, 0) is 17.7 Å². The van der Waals surface area contributed by atoms with Crippen molar-refractivity contribution in [1.82, 2.24) is 9.78 Å². The van der Waals surface area contributed by atoms with Gasteiger partial charge in [-0.15, -0.1) is 0 Å². The molecule has 2 heterocycles. The number of amides is 1. The molecule has 11 heteroatoms. The minimum absolute atomic E-state index is 0.0774. The summed E-state index contributed by atoms with van der Waals surface area (Å²) < 4.78 is 42.2. The Labute approximate surface area is 190 Å². The lowest BCUT2D eigenvalue weighted by Crippen LogP contribution is -2.35. The summed E-state index contributed by atoms with van der Waals surface area (Å²) in [6.45, 7) is 0. The number of hydrogen-bond acceptors (Lipinski definition) is 3. The van der Waals surface area contributed by atoms with Crippen LogP contribution in [-0.4, -0.2) is 21.9 Å². The van der Waals surface area contributed by atoms with Gasteiger partial charge in [0, 0.05) is 6.42 Å². The average Bonchev–Trinajstić information content (AvgIpc) is 3.07. The van der Waals surface area contributed by atoms with Gasteiger partial charge in [-0.25, -0.2) is 4.68 Å². The number of fused-ring (bicyclic) bond motifs is 1. The maximum atomic E-state index is 13.8. The highest BCUT2D eigenvalue weighted by atomic mass is 35.5. The summed E-state index contributed by atoms with van der Waals surface area (Å²) in [5, 5.41) is 9.44. The summed E-state index contributed by atoms with van der Waals surface area (Å²) in [4.78, 5) is 12.7. The van der Waals surface area contributed by atoms with Crippen LogP contribution >= 0.6 is 34.8 Å². The predicted molar refractivity (Wildman–Crippen MR) is 114 cm³/mol. The third-order valence-electron chi connectivity index (χ3n) is 4.91. The van der Waals surface area contributed by atoms with Crippen molar-refractivity contribution in [3.8, 4) is 0 Å². The number of hydrogen-bond donors (Lipinski definition) is 2. The molecule has 1 aromatic heterocycles. The molecule has 0 spiro atoms. The fraction of sp³-hybridized carbons (Fsp3) is 0.200. The molecule has 0 unspecified atom stereocenters. The topological polar surface area (TPSA) is 59.0 Å². The maximum Gasteiger partial charge on any atom is 0.410 e. The van der Waals surface area contributed by atoms with Gasteiger partial charge >= 0.3 is 6.18 Å². The standard InChI is InChI=1S/C20H14Cl3F3N4O/c21-11-7-4-8-12(15(11)22)28-19(31)17-16(23)18-27-13(10-5-2-1-3-6-10)9-14(20(24,25)26)30(18)29-17/h1-8,13-14,27H,9H2,(H,28,31)/t13-,14-/m0/s1. The second-order valence-corrected chi connectivity index (χ2v) is 8.08. The molecule has 2 atom stereocenters. The SMILES string of the molecule is O=C(Nc1cccc(Cl)c1Cl)c1nn2c(c1Cl)N[C@H](c1ccccc1)C[C@H]2C(F)(F)F. The average molecular weight is 490 g/mol. The van der Waals surface area contributed by atoms with E-state index in [1.807, 2.05) is 0 Å². The van der Waals surface area contributed by atoms with Crippen LogP contribution in [-0.2, 0) is 0 Å². The molecule has 1 amide bonds. The predicted octanol–water partition coefficient (Wildman–Crippen LogP) is 6.76. The zero-order chi connectivity index (χ0) is 22.3. The van der Waals surface area contributed by atoms with Crippen molar-refractivity contribution in [1.29, 1.82) is 0 Å². The van der Waals surface area contributed by atoms with Crippen molar-refractivity contribution in [3.05, 3.63) is 74.9 Å². The first-order chi connectivity index (χ1) is 14.7. The lowest BCUT2D eigenvalue weighted by atomic mass is 9.97. The number of aromatic nitrogens is 2. The molecule has 4 rings (SSSR count). The maximum absolute atomic E-state index is 13.8. The Kier molecular flexibility index (Phi) is 5.81. The number of nitrogens with zero attached hydrogens (tertiary/aromatic N) is 2. The number of benzene rings is 2. The normalized spacial score (nSPS) is 18.3. The van der Waals surface area contributed by atoms with Crippen molar-refractivity contribution in [2.24, 2.45) is 0 Å². The van der Waals surface area contributed by atoms with Crippen LogP contribution < -0.4 is 10.6 Å². The van der Waals surface area contributed by atoms with E-state index in [2.05, 4.69) is 15.7 Å². The largest absolute Gasteiger partial charge is 0.410 e. The van der Waals surface area contributed by atoms with E-state index < -0.39 is 24.2 Å².